The molecule has 0 amide bonds. The first kappa shape index (κ1) is 11.7. The van der Waals surface area contributed by atoms with Crippen LogP contribution < -0.4 is 5.32 Å². The molecule has 0 atom stereocenters. The second-order valence-electron chi connectivity index (χ2n) is 4.83. The maximum Gasteiger partial charge on any atom is 0.0648 e. The Morgan fingerprint density at radius 3 is 3.00 bits per heavy atom. The van der Waals surface area contributed by atoms with Crippen LogP contribution in [0, 0.1) is 0 Å². The number of hydrogen-bond donors (Lipinski definition) is 1. The van der Waals surface area contributed by atoms with Gasteiger partial charge in [0.05, 0.1) is 12.7 Å². The highest BCUT2D eigenvalue weighted by atomic mass is 16.5. The molecule has 1 aliphatic carbocycles. The number of rotatable bonds is 7. The molecule has 16 heavy (non-hydrogen) atoms. The van der Waals surface area contributed by atoms with Gasteiger partial charge in [0, 0.05) is 31.5 Å². The minimum atomic E-state index is 0.326. The Balaban J connectivity index is 1.68. The van der Waals surface area contributed by atoms with Gasteiger partial charge in [-0.2, -0.15) is 0 Å². The van der Waals surface area contributed by atoms with E-state index in [2.05, 4.69) is 42.2 Å². The molecule has 0 aliphatic heterocycles. The van der Waals surface area contributed by atoms with Crippen molar-refractivity contribution >= 4 is 0 Å². The average molecular weight is 222 g/mol. The van der Waals surface area contributed by atoms with Gasteiger partial charge < -0.3 is 14.6 Å². The summed E-state index contributed by atoms with van der Waals surface area (Å²) in [7, 11) is 0. The molecule has 3 nitrogen and oxygen atoms in total. The first-order valence-corrected chi connectivity index (χ1v) is 6.23. The van der Waals surface area contributed by atoms with E-state index in [0.717, 1.165) is 25.7 Å². The summed E-state index contributed by atoms with van der Waals surface area (Å²) in [5.74, 6) is 0. The first-order chi connectivity index (χ1) is 7.74. The van der Waals surface area contributed by atoms with Crippen molar-refractivity contribution in [1.82, 2.24) is 9.88 Å². The summed E-state index contributed by atoms with van der Waals surface area (Å²) in [6, 6.07) is 2.97. The van der Waals surface area contributed by atoms with Crippen LogP contribution in [0.25, 0.3) is 0 Å². The van der Waals surface area contributed by atoms with Gasteiger partial charge in [0.2, 0.25) is 0 Å². The largest absolute Gasteiger partial charge is 0.377 e. The summed E-state index contributed by atoms with van der Waals surface area (Å²) in [6.07, 6.45) is 7.37. The van der Waals surface area contributed by atoms with E-state index in [-0.39, 0.29) is 0 Å². The molecule has 1 aromatic heterocycles. The lowest BCUT2D eigenvalue weighted by Gasteiger charge is -2.07. The summed E-state index contributed by atoms with van der Waals surface area (Å²) in [4.78, 5) is 0. The van der Waals surface area contributed by atoms with E-state index in [1.807, 2.05) is 0 Å². The fourth-order valence-electron chi connectivity index (χ4n) is 1.68. The van der Waals surface area contributed by atoms with E-state index in [4.69, 9.17) is 4.74 Å². The van der Waals surface area contributed by atoms with Crippen LogP contribution in [-0.2, 0) is 17.8 Å². The summed E-state index contributed by atoms with van der Waals surface area (Å²) in [5.41, 5.74) is 1.37. The summed E-state index contributed by atoms with van der Waals surface area (Å²) < 4.78 is 7.73. The van der Waals surface area contributed by atoms with Crippen molar-refractivity contribution in [3.8, 4) is 0 Å². The lowest BCUT2D eigenvalue weighted by atomic mass is 10.3. The standard InChI is InChI=1S/C13H22N2O/c1-11(2)16-8-7-15-6-5-12(10-15)9-14-13-3-4-13/h5-6,10-11,13-14H,3-4,7-9H2,1-2H3. The highest BCUT2D eigenvalue weighted by Crippen LogP contribution is 2.19. The van der Waals surface area contributed by atoms with Crippen LogP contribution in [0.5, 0.6) is 0 Å². The van der Waals surface area contributed by atoms with E-state index in [9.17, 15) is 0 Å². The van der Waals surface area contributed by atoms with Crippen molar-refractivity contribution in [2.24, 2.45) is 0 Å². The Morgan fingerprint density at radius 2 is 2.31 bits per heavy atom. The third-order valence-corrected chi connectivity index (χ3v) is 2.78. The number of ether oxygens (including phenoxy) is 1. The molecule has 3 heteroatoms. The Kier molecular flexibility index (Phi) is 4.02. The average Bonchev–Trinajstić information content (AvgIpc) is 2.96. The molecule has 1 heterocycles. The van der Waals surface area contributed by atoms with Crippen LogP contribution in [-0.4, -0.2) is 23.3 Å². The topological polar surface area (TPSA) is 26.2 Å². The molecule has 0 spiro atoms. The Labute approximate surface area is 97.8 Å². The highest BCUT2D eigenvalue weighted by molar-refractivity contribution is 5.10. The van der Waals surface area contributed by atoms with Crippen molar-refractivity contribution in [2.45, 2.75) is 51.9 Å². The molecule has 90 valence electrons. The second kappa shape index (κ2) is 5.51. The van der Waals surface area contributed by atoms with Crippen LogP contribution in [0.4, 0.5) is 0 Å². The third kappa shape index (κ3) is 3.99. The van der Waals surface area contributed by atoms with Crippen LogP contribution in [0.2, 0.25) is 0 Å². The van der Waals surface area contributed by atoms with E-state index in [0.29, 0.717) is 6.10 Å². The van der Waals surface area contributed by atoms with Crippen molar-refractivity contribution in [3.63, 3.8) is 0 Å². The zero-order valence-electron chi connectivity index (χ0n) is 10.3. The molecular weight excluding hydrogens is 200 g/mol. The van der Waals surface area contributed by atoms with Crippen LogP contribution >= 0.6 is 0 Å². The molecule has 2 rings (SSSR count). The normalized spacial score (nSPS) is 15.9. The molecule has 1 saturated carbocycles. The molecule has 0 bridgehead atoms. The summed E-state index contributed by atoms with van der Waals surface area (Å²) in [6.45, 7) is 6.88. The zero-order chi connectivity index (χ0) is 11.4. The fraction of sp³-hybridized carbons (Fsp3) is 0.692. The molecule has 1 aliphatic rings. The SMILES string of the molecule is CC(C)OCCn1ccc(CNC2CC2)c1. The Bertz CT molecular complexity index is 315. The zero-order valence-corrected chi connectivity index (χ0v) is 10.3. The summed E-state index contributed by atoms with van der Waals surface area (Å²) in [5, 5.41) is 3.52. The lowest BCUT2D eigenvalue weighted by Crippen LogP contribution is -2.14. The molecule has 0 aromatic carbocycles. The van der Waals surface area contributed by atoms with Gasteiger partial charge in [0.25, 0.3) is 0 Å². The number of aromatic nitrogens is 1. The fourth-order valence-corrected chi connectivity index (χ4v) is 1.68. The minimum absolute atomic E-state index is 0.326. The first-order valence-electron chi connectivity index (χ1n) is 6.23. The highest BCUT2D eigenvalue weighted by Gasteiger charge is 2.19. The van der Waals surface area contributed by atoms with Gasteiger partial charge in [0.1, 0.15) is 0 Å². The van der Waals surface area contributed by atoms with Crippen molar-refractivity contribution < 1.29 is 4.74 Å². The minimum Gasteiger partial charge on any atom is -0.377 e. The molecule has 0 radical (unpaired) electrons. The van der Waals surface area contributed by atoms with Gasteiger partial charge >= 0.3 is 0 Å². The summed E-state index contributed by atoms with van der Waals surface area (Å²) >= 11 is 0. The van der Waals surface area contributed by atoms with Gasteiger partial charge in [-0.3, -0.25) is 0 Å². The molecule has 1 aromatic rings. The smallest absolute Gasteiger partial charge is 0.0648 e. The molecular formula is C13H22N2O. The number of nitrogens with zero attached hydrogens (tertiary/aromatic N) is 1. The maximum atomic E-state index is 5.53. The quantitative estimate of drug-likeness (QED) is 0.765. The van der Waals surface area contributed by atoms with Crippen LogP contribution in [0.15, 0.2) is 18.5 Å². The van der Waals surface area contributed by atoms with Gasteiger partial charge in [-0.1, -0.05) is 0 Å². The van der Waals surface area contributed by atoms with Crippen molar-refractivity contribution in [3.05, 3.63) is 24.0 Å². The number of nitrogens with one attached hydrogen (secondary N) is 1. The molecule has 0 unspecified atom stereocenters. The lowest BCUT2D eigenvalue weighted by molar-refractivity contribution is 0.0728. The van der Waals surface area contributed by atoms with E-state index >= 15 is 0 Å². The van der Waals surface area contributed by atoms with E-state index in [1.165, 1.54) is 18.4 Å². The number of hydrogen-bond acceptors (Lipinski definition) is 2. The Hall–Kier alpha value is -0.800. The predicted molar refractivity (Wildman–Crippen MR) is 65.4 cm³/mol. The van der Waals surface area contributed by atoms with Crippen LogP contribution in [0.3, 0.4) is 0 Å². The molecule has 1 fully saturated rings. The second-order valence-corrected chi connectivity index (χ2v) is 4.83. The van der Waals surface area contributed by atoms with Gasteiger partial charge in [-0.05, 0) is 38.3 Å². The van der Waals surface area contributed by atoms with Gasteiger partial charge in [0.15, 0.2) is 0 Å². The Morgan fingerprint density at radius 1 is 1.50 bits per heavy atom. The molecule has 1 N–H and O–H groups in total. The van der Waals surface area contributed by atoms with E-state index < -0.39 is 0 Å². The van der Waals surface area contributed by atoms with Gasteiger partial charge in [-0.15, -0.1) is 0 Å². The monoisotopic (exact) mass is 222 g/mol. The van der Waals surface area contributed by atoms with Crippen molar-refractivity contribution in [2.75, 3.05) is 6.61 Å². The van der Waals surface area contributed by atoms with Crippen molar-refractivity contribution in [1.29, 1.82) is 0 Å². The molecule has 0 saturated heterocycles. The van der Waals surface area contributed by atoms with E-state index in [1.54, 1.807) is 0 Å². The van der Waals surface area contributed by atoms with Gasteiger partial charge in [-0.25, -0.2) is 0 Å². The predicted octanol–water partition coefficient (Wildman–Crippen LogP) is 2.17. The maximum absolute atomic E-state index is 5.53. The van der Waals surface area contributed by atoms with Crippen LogP contribution in [0.1, 0.15) is 32.3 Å². The third-order valence-electron chi connectivity index (χ3n) is 2.78.